The lowest BCUT2D eigenvalue weighted by Gasteiger charge is -2.11. The van der Waals surface area contributed by atoms with Gasteiger partial charge in [0.15, 0.2) is 0 Å². The second-order valence-corrected chi connectivity index (χ2v) is 6.56. The van der Waals surface area contributed by atoms with E-state index in [1.807, 2.05) is 13.8 Å². The number of amides is 1. The van der Waals surface area contributed by atoms with Crippen LogP contribution in [0, 0.1) is 5.92 Å². The highest BCUT2D eigenvalue weighted by Crippen LogP contribution is 2.19. The Kier molecular flexibility index (Phi) is 5.39. The summed E-state index contributed by atoms with van der Waals surface area (Å²) in [5.74, 6) is 0.397. The van der Waals surface area contributed by atoms with Crippen LogP contribution in [0.3, 0.4) is 0 Å². The molecule has 0 bridgehead atoms. The van der Waals surface area contributed by atoms with E-state index in [2.05, 4.69) is 31.7 Å². The maximum absolute atomic E-state index is 12.1. The van der Waals surface area contributed by atoms with Crippen molar-refractivity contribution in [1.82, 2.24) is 15.1 Å². The van der Waals surface area contributed by atoms with Crippen molar-refractivity contribution in [3.8, 4) is 0 Å². The molecule has 2 rings (SSSR count). The fourth-order valence-corrected chi connectivity index (χ4v) is 2.35. The second-order valence-electron chi connectivity index (χ2n) is 5.77. The number of rotatable bonds is 7. The lowest BCUT2D eigenvalue weighted by molar-refractivity contribution is -0.120. The van der Waals surface area contributed by atoms with Gasteiger partial charge in [-0.2, -0.15) is 5.10 Å². The third-order valence-electron chi connectivity index (χ3n) is 3.13. The maximum Gasteiger partial charge on any atom is 0.283 e. The zero-order valence-electron chi connectivity index (χ0n) is 12.4. The van der Waals surface area contributed by atoms with Crippen LogP contribution in [0.4, 0.5) is 5.69 Å². The van der Waals surface area contributed by atoms with Gasteiger partial charge in [0.25, 0.3) is 5.56 Å². The molecule has 2 N–H and O–H groups in total. The van der Waals surface area contributed by atoms with E-state index in [4.69, 9.17) is 0 Å². The van der Waals surface area contributed by atoms with E-state index in [0.717, 1.165) is 12.8 Å². The zero-order valence-corrected chi connectivity index (χ0v) is 13.9. The Bertz CT molecular complexity index is 567. The Hall–Kier alpha value is -1.37. The molecule has 1 aromatic heterocycles. The number of carbonyl (C=O) groups is 1. The first kappa shape index (κ1) is 16.0. The van der Waals surface area contributed by atoms with Crippen molar-refractivity contribution in [2.75, 3.05) is 11.9 Å². The van der Waals surface area contributed by atoms with E-state index < -0.39 is 0 Å². The number of nitrogens with one attached hydrogen (secondary N) is 2. The summed E-state index contributed by atoms with van der Waals surface area (Å²) in [5.41, 5.74) is 0.468. The number of anilines is 1. The minimum absolute atomic E-state index is 0.0437. The fourth-order valence-electron chi connectivity index (χ4n) is 1.90. The Morgan fingerprint density at radius 1 is 1.52 bits per heavy atom. The minimum atomic E-state index is -0.156. The number of aromatic nitrogens is 2. The van der Waals surface area contributed by atoms with Crippen molar-refractivity contribution in [3.63, 3.8) is 0 Å². The van der Waals surface area contributed by atoms with E-state index >= 15 is 0 Å². The van der Waals surface area contributed by atoms with Crippen LogP contribution >= 0.6 is 15.9 Å². The van der Waals surface area contributed by atoms with Gasteiger partial charge in [-0.3, -0.25) is 9.59 Å². The third kappa shape index (κ3) is 4.84. The quantitative estimate of drug-likeness (QED) is 0.780. The minimum Gasteiger partial charge on any atom is -0.382 e. The molecular weight excluding hydrogens is 336 g/mol. The van der Waals surface area contributed by atoms with Gasteiger partial charge < -0.3 is 10.6 Å². The topological polar surface area (TPSA) is 76.0 Å². The van der Waals surface area contributed by atoms with E-state index in [1.165, 1.54) is 4.68 Å². The summed E-state index contributed by atoms with van der Waals surface area (Å²) < 4.78 is 1.90. The van der Waals surface area contributed by atoms with E-state index in [0.29, 0.717) is 41.6 Å². The van der Waals surface area contributed by atoms with Gasteiger partial charge in [0.2, 0.25) is 5.91 Å². The maximum atomic E-state index is 12.1. The number of carbonyl (C=O) groups excluding carboxylic acids is 1. The summed E-state index contributed by atoms with van der Waals surface area (Å²) in [4.78, 5) is 23.7. The predicted molar refractivity (Wildman–Crippen MR) is 85.3 cm³/mol. The normalized spacial score (nSPS) is 14.3. The van der Waals surface area contributed by atoms with Crippen molar-refractivity contribution in [2.24, 2.45) is 5.92 Å². The van der Waals surface area contributed by atoms with Gasteiger partial charge in [-0.25, -0.2) is 4.68 Å². The van der Waals surface area contributed by atoms with Crippen LogP contribution in [0.5, 0.6) is 0 Å². The first-order valence-electron chi connectivity index (χ1n) is 7.26. The number of hydrogen-bond acceptors (Lipinski definition) is 4. The first-order valence-corrected chi connectivity index (χ1v) is 8.05. The lowest BCUT2D eigenvalue weighted by Crippen LogP contribution is -2.28. The molecule has 0 aromatic carbocycles. The molecule has 1 aromatic rings. The van der Waals surface area contributed by atoms with Gasteiger partial charge >= 0.3 is 0 Å². The molecule has 1 amide bonds. The number of hydrogen-bond donors (Lipinski definition) is 2. The highest BCUT2D eigenvalue weighted by molar-refractivity contribution is 9.10. The molecule has 0 aliphatic heterocycles. The number of nitrogens with zero attached hydrogens (tertiary/aromatic N) is 2. The molecule has 0 atom stereocenters. The van der Waals surface area contributed by atoms with Crippen molar-refractivity contribution in [1.29, 1.82) is 0 Å². The molecule has 0 radical (unpaired) electrons. The molecule has 1 aliphatic rings. The Morgan fingerprint density at radius 2 is 2.24 bits per heavy atom. The highest BCUT2D eigenvalue weighted by atomic mass is 79.9. The second kappa shape index (κ2) is 7.06. The van der Waals surface area contributed by atoms with Crippen LogP contribution in [0.15, 0.2) is 15.5 Å². The largest absolute Gasteiger partial charge is 0.382 e. The van der Waals surface area contributed by atoms with Crippen LogP contribution in [-0.4, -0.2) is 28.3 Å². The molecule has 0 unspecified atom stereocenters. The fraction of sp³-hybridized carbons (Fsp3) is 0.643. The SMILES string of the molecule is CC(C)Cn1ncc(NCCC(=O)NC2CC2)c(Br)c1=O. The molecule has 0 saturated heterocycles. The average Bonchev–Trinajstić information content (AvgIpc) is 3.21. The molecule has 7 heteroatoms. The molecule has 116 valence electrons. The first-order chi connectivity index (χ1) is 9.97. The predicted octanol–water partition coefficient (Wildman–Crippen LogP) is 1.74. The molecule has 6 nitrogen and oxygen atoms in total. The van der Waals surface area contributed by atoms with Crippen molar-refractivity contribution in [3.05, 3.63) is 21.0 Å². The van der Waals surface area contributed by atoms with Crippen molar-refractivity contribution < 1.29 is 4.79 Å². The number of halogens is 1. The smallest absolute Gasteiger partial charge is 0.283 e. The van der Waals surface area contributed by atoms with Gasteiger partial charge in [-0.1, -0.05) is 13.8 Å². The molecule has 1 saturated carbocycles. The van der Waals surface area contributed by atoms with E-state index in [-0.39, 0.29) is 11.5 Å². The zero-order chi connectivity index (χ0) is 15.4. The summed E-state index contributed by atoms with van der Waals surface area (Å²) in [5, 5.41) is 10.1. The lowest BCUT2D eigenvalue weighted by atomic mass is 10.2. The standard InChI is InChI=1S/C14H21BrN4O2/c1-9(2)8-19-14(21)13(15)11(7-17-19)16-6-5-12(20)18-10-3-4-10/h7,9-10,16H,3-6,8H2,1-2H3,(H,18,20). The molecule has 1 aliphatic carbocycles. The van der Waals surface area contributed by atoms with Crippen LogP contribution in [0.2, 0.25) is 0 Å². The molecule has 1 heterocycles. The van der Waals surface area contributed by atoms with Crippen LogP contribution in [0.1, 0.15) is 33.1 Å². The van der Waals surface area contributed by atoms with Crippen LogP contribution < -0.4 is 16.2 Å². The van der Waals surface area contributed by atoms with Gasteiger partial charge in [0, 0.05) is 25.6 Å². The summed E-state index contributed by atoms with van der Waals surface area (Å²) in [6.07, 6.45) is 4.18. The summed E-state index contributed by atoms with van der Waals surface area (Å²) in [6.45, 7) is 5.13. The summed E-state index contributed by atoms with van der Waals surface area (Å²) in [6, 6.07) is 0.380. The van der Waals surface area contributed by atoms with E-state index in [1.54, 1.807) is 6.20 Å². The molecule has 0 spiro atoms. The van der Waals surface area contributed by atoms with Crippen molar-refractivity contribution >= 4 is 27.5 Å². The van der Waals surface area contributed by atoms with Gasteiger partial charge in [0.05, 0.1) is 11.9 Å². The molecular formula is C14H21BrN4O2. The molecule has 21 heavy (non-hydrogen) atoms. The highest BCUT2D eigenvalue weighted by Gasteiger charge is 2.22. The molecule has 1 fully saturated rings. The monoisotopic (exact) mass is 356 g/mol. The Morgan fingerprint density at radius 3 is 2.86 bits per heavy atom. The van der Waals surface area contributed by atoms with Gasteiger partial charge in [0.1, 0.15) is 4.47 Å². The van der Waals surface area contributed by atoms with Crippen LogP contribution in [0.25, 0.3) is 0 Å². The summed E-state index contributed by atoms with van der Waals surface area (Å²) >= 11 is 3.30. The summed E-state index contributed by atoms with van der Waals surface area (Å²) in [7, 11) is 0. The Labute approximate surface area is 132 Å². The van der Waals surface area contributed by atoms with Gasteiger partial charge in [-0.15, -0.1) is 0 Å². The average molecular weight is 357 g/mol. The van der Waals surface area contributed by atoms with E-state index in [9.17, 15) is 9.59 Å². The third-order valence-corrected chi connectivity index (χ3v) is 3.90. The Balaban J connectivity index is 1.89. The van der Waals surface area contributed by atoms with Crippen LogP contribution in [-0.2, 0) is 11.3 Å². The van der Waals surface area contributed by atoms with Gasteiger partial charge in [-0.05, 0) is 34.7 Å². The van der Waals surface area contributed by atoms with Crippen molar-refractivity contribution in [2.45, 2.75) is 45.7 Å².